The van der Waals surface area contributed by atoms with E-state index in [1.807, 2.05) is 6.07 Å². The summed E-state index contributed by atoms with van der Waals surface area (Å²) in [5, 5.41) is 8.84. The van der Waals surface area contributed by atoms with Gasteiger partial charge in [-0.15, -0.1) is 0 Å². The van der Waals surface area contributed by atoms with Crippen molar-refractivity contribution in [3.05, 3.63) is 65.5 Å². The largest absolute Gasteiger partial charge is 0.478 e. The molecule has 3 nitrogen and oxygen atoms in total. The molecule has 1 N–H and O–H groups in total. The number of hydrogen-bond acceptors (Lipinski definition) is 2. The van der Waals surface area contributed by atoms with Crippen LogP contribution in [0.25, 0.3) is 0 Å². The minimum atomic E-state index is -0.949. The molecule has 2 aromatic rings. The standard InChI is InChI=1S/C14H9NO2/c16-14(17)13-5-1-3-11(9-13)6-7-12-4-2-8-15-10-12/h1-5,8-10H,(H,16,17). The van der Waals surface area contributed by atoms with E-state index in [0.29, 0.717) is 5.56 Å². The van der Waals surface area contributed by atoms with E-state index in [4.69, 9.17) is 5.11 Å². The Morgan fingerprint density at radius 3 is 2.59 bits per heavy atom. The average molecular weight is 223 g/mol. The predicted octanol–water partition coefficient (Wildman–Crippen LogP) is 2.18. The van der Waals surface area contributed by atoms with Crippen molar-refractivity contribution >= 4 is 5.97 Å². The van der Waals surface area contributed by atoms with Crippen molar-refractivity contribution in [3.63, 3.8) is 0 Å². The summed E-state index contributed by atoms with van der Waals surface area (Å²) in [5.74, 6) is 4.88. The van der Waals surface area contributed by atoms with Gasteiger partial charge >= 0.3 is 5.97 Å². The normalized spacial score (nSPS) is 9.18. The van der Waals surface area contributed by atoms with Crippen molar-refractivity contribution in [2.75, 3.05) is 0 Å². The van der Waals surface area contributed by atoms with Crippen molar-refractivity contribution in [1.82, 2.24) is 4.98 Å². The molecule has 1 aromatic carbocycles. The average Bonchev–Trinajstić information content (AvgIpc) is 2.38. The first-order valence-corrected chi connectivity index (χ1v) is 5.01. The summed E-state index contributed by atoms with van der Waals surface area (Å²) in [6, 6.07) is 10.2. The summed E-state index contributed by atoms with van der Waals surface area (Å²) in [6.45, 7) is 0. The Hall–Kier alpha value is -2.60. The SMILES string of the molecule is O=C(O)c1cccc(C#Cc2cccnc2)c1. The molecule has 82 valence electrons. The summed E-state index contributed by atoms with van der Waals surface area (Å²) in [5.41, 5.74) is 1.71. The fraction of sp³-hybridized carbons (Fsp3) is 0. The third kappa shape index (κ3) is 2.93. The molecular formula is C14H9NO2. The van der Waals surface area contributed by atoms with Crippen molar-refractivity contribution in [1.29, 1.82) is 0 Å². The molecular weight excluding hydrogens is 214 g/mol. The van der Waals surface area contributed by atoms with Crippen molar-refractivity contribution in [2.24, 2.45) is 0 Å². The van der Waals surface area contributed by atoms with Gasteiger partial charge in [0, 0.05) is 23.5 Å². The van der Waals surface area contributed by atoms with Gasteiger partial charge in [-0.05, 0) is 30.3 Å². The topological polar surface area (TPSA) is 50.2 Å². The Morgan fingerprint density at radius 1 is 1.12 bits per heavy atom. The molecule has 0 aliphatic rings. The van der Waals surface area contributed by atoms with Gasteiger partial charge in [0.25, 0.3) is 0 Å². The molecule has 2 rings (SSSR count). The lowest BCUT2D eigenvalue weighted by Gasteiger charge is -1.94. The van der Waals surface area contributed by atoms with Crippen LogP contribution in [0.1, 0.15) is 21.5 Å². The highest BCUT2D eigenvalue weighted by Gasteiger charge is 2.00. The summed E-state index contributed by atoms with van der Waals surface area (Å²) in [7, 11) is 0. The monoisotopic (exact) mass is 223 g/mol. The molecule has 0 radical (unpaired) electrons. The lowest BCUT2D eigenvalue weighted by molar-refractivity contribution is 0.0697. The highest BCUT2D eigenvalue weighted by Crippen LogP contribution is 2.04. The van der Waals surface area contributed by atoms with Gasteiger partial charge in [-0.1, -0.05) is 17.9 Å². The maximum atomic E-state index is 10.8. The van der Waals surface area contributed by atoms with Crippen LogP contribution in [0.5, 0.6) is 0 Å². The van der Waals surface area contributed by atoms with Gasteiger partial charge in [0.05, 0.1) is 5.56 Å². The minimum Gasteiger partial charge on any atom is -0.478 e. The molecule has 0 aliphatic heterocycles. The second-order valence-corrected chi connectivity index (χ2v) is 3.38. The molecule has 17 heavy (non-hydrogen) atoms. The van der Waals surface area contributed by atoms with Gasteiger partial charge in [0.15, 0.2) is 0 Å². The molecule has 3 heteroatoms. The predicted molar refractivity (Wildman–Crippen MR) is 63.6 cm³/mol. The van der Waals surface area contributed by atoms with Gasteiger partial charge < -0.3 is 5.11 Å². The molecule has 0 atom stereocenters. The van der Waals surface area contributed by atoms with E-state index in [0.717, 1.165) is 5.56 Å². The number of aromatic carboxylic acids is 1. The van der Waals surface area contributed by atoms with Crippen LogP contribution in [-0.4, -0.2) is 16.1 Å². The number of carbonyl (C=O) groups is 1. The van der Waals surface area contributed by atoms with Gasteiger partial charge in [0.1, 0.15) is 0 Å². The van der Waals surface area contributed by atoms with Crippen LogP contribution in [-0.2, 0) is 0 Å². The number of aromatic nitrogens is 1. The van der Waals surface area contributed by atoms with Gasteiger partial charge in [-0.25, -0.2) is 4.79 Å². The van der Waals surface area contributed by atoms with E-state index in [-0.39, 0.29) is 5.56 Å². The Bertz CT molecular complexity index is 594. The van der Waals surface area contributed by atoms with E-state index in [1.165, 1.54) is 6.07 Å². The Labute approximate surface area is 98.8 Å². The van der Waals surface area contributed by atoms with Crippen molar-refractivity contribution < 1.29 is 9.90 Å². The molecule has 0 spiro atoms. The maximum absolute atomic E-state index is 10.8. The second-order valence-electron chi connectivity index (χ2n) is 3.38. The summed E-state index contributed by atoms with van der Waals surface area (Å²) in [6.07, 6.45) is 3.34. The second kappa shape index (κ2) is 4.95. The fourth-order valence-electron chi connectivity index (χ4n) is 1.31. The number of hydrogen-bond donors (Lipinski definition) is 1. The first kappa shape index (κ1) is 10.9. The number of benzene rings is 1. The molecule has 0 bridgehead atoms. The number of carboxylic acids is 1. The molecule has 0 aliphatic carbocycles. The van der Waals surface area contributed by atoms with Crippen LogP contribution < -0.4 is 0 Å². The zero-order valence-electron chi connectivity index (χ0n) is 8.92. The highest BCUT2D eigenvalue weighted by atomic mass is 16.4. The Morgan fingerprint density at radius 2 is 1.88 bits per heavy atom. The maximum Gasteiger partial charge on any atom is 0.335 e. The molecule has 0 saturated carbocycles. The molecule has 0 amide bonds. The van der Waals surface area contributed by atoms with Crippen LogP contribution in [0.3, 0.4) is 0 Å². The zero-order chi connectivity index (χ0) is 12.1. The number of nitrogens with zero attached hydrogens (tertiary/aromatic N) is 1. The summed E-state index contributed by atoms with van der Waals surface area (Å²) < 4.78 is 0. The fourth-order valence-corrected chi connectivity index (χ4v) is 1.31. The molecule has 1 heterocycles. The van der Waals surface area contributed by atoms with Crippen LogP contribution in [0.4, 0.5) is 0 Å². The quantitative estimate of drug-likeness (QED) is 0.754. The smallest absolute Gasteiger partial charge is 0.335 e. The zero-order valence-corrected chi connectivity index (χ0v) is 8.92. The number of rotatable bonds is 1. The summed E-state index contributed by atoms with van der Waals surface area (Å²) >= 11 is 0. The minimum absolute atomic E-state index is 0.239. The van der Waals surface area contributed by atoms with Crippen molar-refractivity contribution in [3.8, 4) is 11.8 Å². The van der Waals surface area contributed by atoms with Crippen LogP contribution in [0.2, 0.25) is 0 Å². The van der Waals surface area contributed by atoms with E-state index in [1.54, 1.807) is 36.7 Å². The van der Waals surface area contributed by atoms with Gasteiger partial charge in [-0.3, -0.25) is 4.98 Å². The van der Waals surface area contributed by atoms with E-state index in [2.05, 4.69) is 16.8 Å². The third-order valence-electron chi connectivity index (χ3n) is 2.12. The van der Waals surface area contributed by atoms with Gasteiger partial charge in [0.2, 0.25) is 0 Å². The lowest BCUT2D eigenvalue weighted by Crippen LogP contribution is -1.95. The van der Waals surface area contributed by atoms with Crippen LogP contribution in [0, 0.1) is 11.8 Å². The number of carboxylic acid groups (broad SMARTS) is 1. The third-order valence-corrected chi connectivity index (χ3v) is 2.12. The highest BCUT2D eigenvalue weighted by molar-refractivity contribution is 5.88. The Kier molecular flexibility index (Phi) is 3.18. The molecule has 0 saturated heterocycles. The number of pyridine rings is 1. The molecule has 1 aromatic heterocycles. The first-order chi connectivity index (χ1) is 8.25. The van der Waals surface area contributed by atoms with Gasteiger partial charge in [-0.2, -0.15) is 0 Å². The van der Waals surface area contributed by atoms with Crippen molar-refractivity contribution in [2.45, 2.75) is 0 Å². The van der Waals surface area contributed by atoms with E-state index >= 15 is 0 Å². The van der Waals surface area contributed by atoms with Crippen LogP contribution in [0.15, 0.2) is 48.8 Å². The first-order valence-electron chi connectivity index (χ1n) is 5.01. The van der Waals surface area contributed by atoms with Crippen LogP contribution >= 0.6 is 0 Å². The molecule has 0 fully saturated rings. The van der Waals surface area contributed by atoms with E-state index < -0.39 is 5.97 Å². The van der Waals surface area contributed by atoms with E-state index in [9.17, 15) is 4.79 Å². The Balaban J connectivity index is 2.28. The lowest BCUT2D eigenvalue weighted by atomic mass is 10.1. The summed E-state index contributed by atoms with van der Waals surface area (Å²) in [4.78, 5) is 14.7. The molecule has 0 unspecified atom stereocenters.